The summed E-state index contributed by atoms with van der Waals surface area (Å²) < 4.78 is 0. The summed E-state index contributed by atoms with van der Waals surface area (Å²) in [5, 5.41) is 22.0. The van der Waals surface area contributed by atoms with Gasteiger partial charge >= 0.3 is 0 Å². The molecule has 98 valence electrons. The number of hydrogen-bond donors (Lipinski definition) is 2. The molecule has 0 unspecified atom stereocenters. The monoisotopic (exact) mass is 272 g/mol. The Hall–Kier alpha value is -1.66. The van der Waals surface area contributed by atoms with E-state index in [0.29, 0.717) is 6.42 Å². The topological polar surface area (TPSA) is 92.5 Å². The van der Waals surface area contributed by atoms with Gasteiger partial charge in [-0.05, 0) is 12.5 Å². The van der Waals surface area contributed by atoms with Crippen LogP contribution in [0.25, 0.3) is 0 Å². The lowest BCUT2D eigenvalue weighted by atomic mass is 10.1. The first kappa shape index (κ1) is 14.4. The zero-order valence-electron chi connectivity index (χ0n) is 9.72. The molecule has 0 saturated heterocycles. The molecular weight excluding hydrogens is 260 g/mol. The van der Waals surface area contributed by atoms with Gasteiger partial charge in [-0.25, -0.2) is 0 Å². The van der Waals surface area contributed by atoms with Crippen molar-refractivity contribution in [3.05, 3.63) is 38.9 Å². The molecule has 0 aromatic heterocycles. The van der Waals surface area contributed by atoms with Crippen LogP contribution in [0.1, 0.15) is 23.7 Å². The van der Waals surface area contributed by atoms with Crippen molar-refractivity contribution in [2.75, 3.05) is 6.61 Å². The lowest BCUT2D eigenvalue weighted by Crippen LogP contribution is -2.37. The van der Waals surface area contributed by atoms with Crippen molar-refractivity contribution < 1.29 is 14.8 Å². The second-order valence-electron chi connectivity index (χ2n) is 3.66. The highest BCUT2D eigenvalue weighted by Crippen LogP contribution is 2.27. The van der Waals surface area contributed by atoms with Crippen LogP contribution in [0.4, 0.5) is 5.69 Å². The smallest absolute Gasteiger partial charge is 0.288 e. The van der Waals surface area contributed by atoms with Crippen LogP contribution in [0, 0.1) is 10.1 Å². The number of halogens is 1. The van der Waals surface area contributed by atoms with Crippen LogP contribution in [0.2, 0.25) is 5.02 Å². The molecule has 0 aliphatic heterocycles. The van der Waals surface area contributed by atoms with Gasteiger partial charge < -0.3 is 10.4 Å². The molecule has 1 atom stereocenters. The van der Waals surface area contributed by atoms with E-state index in [1.54, 1.807) is 6.92 Å². The van der Waals surface area contributed by atoms with E-state index in [2.05, 4.69) is 5.32 Å². The number of rotatable bonds is 5. The first-order valence-corrected chi connectivity index (χ1v) is 5.73. The normalized spacial score (nSPS) is 11.9. The van der Waals surface area contributed by atoms with E-state index in [1.807, 2.05) is 0 Å². The molecule has 0 aliphatic carbocycles. The Balaban J connectivity index is 2.99. The number of aliphatic hydroxyl groups excluding tert-OH is 1. The maximum Gasteiger partial charge on any atom is 0.288 e. The molecule has 1 aromatic carbocycles. The van der Waals surface area contributed by atoms with Crippen LogP contribution < -0.4 is 5.32 Å². The predicted molar refractivity (Wildman–Crippen MR) is 66.7 cm³/mol. The van der Waals surface area contributed by atoms with Crippen molar-refractivity contribution in [3.63, 3.8) is 0 Å². The Bertz CT molecular complexity index is 460. The summed E-state index contributed by atoms with van der Waals surface area (Å²) in [6, 6.07) is 3.61. The van der Waals surface area contributed by atoms with E-state index >= 15 is 0 Å². The quantitative estimate of drug-likeness (QED) is 0.631. The van der Waals surface area contributed by atoms with E-state index in [9.17, 15) is 14.9 Å². The van der Waals surface area contributed by atoms with Crippen molar-refractivity contribution in [1.29, 1.82) is 0 Å². The zero-order chi connectivity index (χ0) is 13.7. The summed E-state index contributed by atoms with van der Waals surface area (Å²) in [5.74, 6) is -0.537. The van der Waals surface area contributed by atoms with Crippen LogP contribution in [0.3, 0.4) is 0 Å². The molecule has 0 radical (unpaired) electrons. The first-order chi connectivity index (χ1) is 8.51. The third-order valence-corrected chi connectivity index (χ3v) is 2.87. The number of amides is 1. The number of nitrogens with one attached hydrogen (secondary N) is 1. The minimum Gasteiger partial charge on any atom is -0.394 e. The maximum atomic E-state index is 11.8. The number of nitro groups is 1. The molecule has 0 saturated carbocycles. The highest BCUT2D eigenvalue weighted by Gasteiger charge is 2.21. The van der Waals surface area contributed by atoms with Crippen LogP contribution in [-0.2, 0) is 0 Å². The van der Waals surface area contributed by atoms with Gasteiger partial charge in [0.15, 0.2) is 0 Å². The molecule has 0 bridgehead atoms. The van der Waals surface area contributed by atoms with Crippen LogP contribution >= 0.6 is 11.6 Å². The van der Waals surface area contributed by atoms with Gasteiger partial charge in [-0.1, -0.05) is 24.6 Å². The minimum atomic E-state index is -0.650. The summed E-state index contributed by atoms with van der Waals surface area (Å²) in [5.41, 5.74) is -0.292. The van der Waals surface area contributed by atoms with Gasteiger partial charge in [0.05, 0.1) is 23.1 Å². The van der Waals surface area contributed by atoms with Crippen molar-refractivity contribution in [2.24, 2.45) is 0 Å². The van der Waals surface area contributed by atoms with Crippen LogP contribution in [0.15, 0.2) is 18.2 Å². The number of hydrogen-bond acceptors (Lipinski definition) is 4. The first-order valence-electron chi connectivity index (χ1n) is 5.35. The number of carbonyl (C=O) groups excluding carboxylic acids is 1. The third-order valence-electron chi connectivity index (χ3n) is 2.47. The lowest BCUT2D eigenvalue weighted by Gasteiger charge is -2.14. The van der Waals surface area contributed by atoms with Crippen LogP contribution in [-0.4, -0.2) is 28.6 Å². The Morgan fingerprint density at radius 3 is 2.78 bits per heavy atom. The highest BCUT2D eigenvalue weighted by molar-refractivity contribution is 6.35. The summed E-state index contributed by atoms with van der Waals surface area (Å²) in [7, 11) is 0. The third kappa shape index (κ3) is 3.18. The molecule has 2 N–H and O–H groups in total. The minimum absolute atomic E-state index is 0.0257. The Morgan fingerprint density at radius 1 is 1.61 bits per heavy atom. The molecule has 0 aliphatic rings. The van der Waals surface area contributed by atoms with E-state index in [4.69, 9.17) is 16.7 Å². The largest absolute Gasteiger partial charge is 0.394 e. The van der Waals surface area contributed by atoms with Crippen molar-refractivity contribution >= 4 is 23.2 Å². The van der Waals surface area contributed by atoms with Gasteiger partial charge in [-0.15, -0.1) is 0 Å². The molecule has 7 heteroatoms. The number of aliphatic hydroxyl groups is 1. The molecule has 1 rings (SSSR count). The fraction of sp³-hybridized carbons (Fsp3) is 0.364. The van der Waals surface area contributed by atoms with E-state index in [0.717, 1.165) is 0 Å². The zero-order valence-corrected chi connectivity index (χ0v) is 10.5. The molecule has 1 amide bonds. The predicted octanol–water partition coefficient (Wildman–Crippen LogP) is 1.75. The molecule has 0 heterocycles. The molecule has 1 aromatic rings. The van der Waals surface area contributed by atoms with E-state index in [1.165, 1.54) is 18.2 Å². The summed E-state index contributed by atoms with van der Waals surface area (Å²) in [6.45, 7) is 1.60. The van der Waals surface area contributed by atoms with Crippen molar-refractivity contribution in [3.8, 4) is 0 Å². The SMILES string of the molecule is CC[C@H](CO)NC(=O)c1cccc([N+](=O)[O-])c1Cl. The average molecular weight is 273 g/mol. The molecule has 6 nitrogen and oxygen atoms in total. The molecular formula is C11H13ClN2O4. The van der Waals surface area contributed by atoms with E-state index < -0.39 is 16.9 Å². The average Bonchev–Trinajstić information content (AvgIpc) is 2.35. The van der Waals surface area contributed by atoms with Gasteiger partial charge in [0, 0.05) is 6.07 Å². The Kier molecular flexibility index (Phi) is 5.06. The molecule has 0 fully saturated rings. The number of nitro benzene ring substituents is 1. The number of carbonyl (C=O) groups is 1. The molecule has 18 heavy (non-hydrogen) atoms. The standard InChI is InChI=1S/C11H13ClN2O4/c1-2-7(6-15)13-11(16)8-4-3-5-9(10(8)12)14(17)18/h3-5,7,15H,2,6H2,1H3,(H,13,16)/t7-/m1/s1. The van der Waals surface area contributed by atoms with Gasteiger partial charge in [0.2, 0.25) is 0 Å². The molecule has 0 spiro atoms. The fourth-order valence-electron chi connectivity index (χ4n) is 1.38. The second-order valence-corrected chi connectivity index (χ2v) is 4.03. The Labute approximate surface area is 109 Å². The lowest BCUT2D eigenvalue weighted by molar-refractivity contribution is -0.384. The second kappa shape index (κ2) is 6.32. The summed E-state index contributed by atoms with van der Waals surface area (Å²) in [6.07, 6.45) is 0.550. The maximum absolute atomic E-state index is 11.8. The highest BCUT2D eigenvalue weighted by atomic mass is 35.5. The summed E-state index contributed by atoms with van der Waals surface area (Å²) >= 11 is 5.80. The van der Waals surface area contributed by atoms with Crippen molar-refractivity contribution in [1.82, 2.24) is 5.32 Å². The Morgan fingerprint density at radius 2 is 2.28 bits per heavy atom. The van der Waals surface area contributed by atoms with Crippen molar-refractivity contribution in [2.45, 2.75) is 19.4 Å². The van der Waals surface area contributed by atoms with Gasteiger partial charge in [0.25, 0.3) is 11.6 Å². The summed E-state index contributed by atoms with van der Waals surface area (Å²) in [4.78, 5) is 21.9. The van der Waals surface area contributed by atoms with Gasteiger partial charge in [0.1, 0.15) is 5.02 Å². The fourth-order valence-corrected chi connectivity index (χ4v) is 1.66. The number of benzene rings is 1. The number of nitrogens with zero attached hydrogens (tertiary/aromatic N) is 1. The van der Waals surface area contributed by atoms with E-state index in [-0.39, 0.29) is 22.9 Å². The van der Waals surface area contributed by atoms with Gasteiger partial charge in [-0.2, -0.15) is 0 Å². The van der Waals surface area contributed by atoms with Gasteiger partial charge in [-0.3, -0.25) is 14.9 Å². The van der Waals surface area contributed by atoms with Crippen LogP contribution in [0.5, 0.6) is 0 Å².